The van der Waals surface area contributed by atoms with Gasteiger partial charge < -0.3 is 9.47 Å². The monoisotopic (exact) mass is 496 g/mol. The maximum Gasteiger partial charge on any atom is 0.269 e. The average molecular weight is 497 g/mol. The minimum absolute atomic E-state index is 0.0166. The van der Waals surface area contributed by atoms with Gasteiger partial charge in [0.25, 0.3) is 5.69 Å². The molecule has 0 radical (unpaired) electrons. The zero-order valence-electron chi connectivity index (χ0n) is 17.0. The van der Waals surface area contributed by atoms with E-state index in [9.17, 15) is 19.8 Å². The van der Waals surface area contributed by atoms with E-state index in [1.807, 2.05) is 6.92 Å². The molecule has 32 heavy (non-hydrogen) atoms. The molecule has 0 spiro atoms. The van der Waals surface area contributed by atoms with Crippen molar-refractivity contribution in [3.63, 3.8) is 0 Å². The number of nitro benzene ring substituents is 1. The largest absolute Gasteiger partial charge is 0.490 e. The van der Waals surface area contributed by atoms with E-state index in [1.54, 1.807) is 42.5 Å². The van der Waals surface area contributed by atoms with Gasteiger partial charge in [0.15, 0.2) is 11.5 Å². The number of ether oxygens (including phenoxy) is 2. The second-order valence-corrected chi connectivity index (χ2v) is 7.51. The van der Waals surface area contributed by atoms with Crippen LogP contribution in [0.5, 0.6) is 11.5 Å². The lowest BCUT2D eigenvalue weighted by Gasteiger charge is -2.15. The molecule has 0 fully saturated rings. The molecule has 3 aromatic carbocycles. The molecular weight excluding hydrogens is 479 g/mol. The topological polar surface area (TPSA) is 85.4 Å². The Morgan fingerprint density at radius 1 is 1.19 bits per heavy atom. The summed E-state index contributed by atoms with van der Waals surface area (Å²) in [5, 5.41) is 20.5. The molecule has 0 heterocycles. The van der Waals surface area contributed by atoms with Crippen molar-refractivity contribution in [1.29, 1.82) is 5.26 Å². The summed E-state index contributed by atoms with van der Waals surface area (Å²) in [4.78, 5) is 10.5. The van der Waals surface area contributed by atoms with Gasteiger partial charge in [-0.1, -0.05) is 24.3 Å². The molecule has 0 amide bonds. The number of non-ortho nitro benzene ring substituents is 1. The van der Waals surface area contributed by atoms with Gasteiger partial charge in [-0.3, -0.25) is 10.1 Å². The Balaban J connectivity index is 1.91. The van der Waals surface area contributed by atoms with Crippen LogP contribution in [0.15, 0.2) is 65.1 Å². The minimum atomic E-state index is -0.461. The third-order valence-corrected chi connectivity index (χ3v) is 4.99. The number of halogens is 2. The van der Waals surface area contributed by atoms with E-state index >= 15 is 0 Å². The first kappa shape index (κ1) is 23.0. The Bertz CT molecular complexity index is 1220. The Kier molecular flexibility index (Phi) is 7.58. The van der Waals surface area contributed by atoms with Crippen molar-refractivity contribution in [2.24, 2.45) is 0 Å². The molecule has 8 heteroatoms. The SMILES string of the molecule is CCOc1cc(/C=C(/C#N)c2cccc(F)c2)cc(Br)c1OCc1cccc([N+](=O)[O-])c1. The van der Waals surface area contributed by atoms with Crippen LogP contribution in [0, 0.1) is 27.3 Å². The number of allylic oxidation sites excluding steroid dienone is 1. The molecule has 6 nitrogen and oxygen atoms in total. The van der Waals surface area contributed by atoms with Gasteiger partial charge in [0.1, 0.15) is 12.4 Å². The normalized spacial score (nSPS) is 11.0. The fourth-order valence-corrected chi connectivity index (χ4v) is 3.57. The van der Waals surface area contributed by atoms with Crippen molar-refractivity contribution in [3.05, 3.63) is 97.8 Å². The van der Waals surface area contributed by atoms with Crippen molar-refractivity contribution < 1.29 is 18.8 Å². The number of nitro groups is 1. The standard InChI is InChI=1S/C24H18BrFN2O4/c1-2-31-23-12-17(9-19(14-27)18-6-4-7-20(26)13-18)11-22(25)24(23)32-15-16-5-3-8-21(10-16)28(29)30/h3-13H,2,15H2,1H3/b19-9-. The summed E-state index contributed by atoms with van der Waals surface area (Å²) in [7, 11) is 0. The molecule has 0 unspecified atom stereocenters. The molecule has 3 aromatic rings. The molecule has 0 N–H and O–H groups in total. The lowest BCUT2D eigenvalue weighted by atomic mass is 10.0. The van der Waals surface area contributed by atoms with Gasteiger partial charge in [-0.05, 0) is 69.9 Å². The van der Waals surface area contributed by atoms with Crippen molar-refractivity contribution in [2.75, 3.05) is 6.61 Å². The summed E-state index contributed by atoms with van der Waals surface area (Å²) >= 11 is 3.47. The Morgan fingerprint density at radius 3 is 2.66 bits per heavy atom. The smallest absolute Gasteiger partial charge is 0.269 e. The molecule has 0 saturated carbocycles. The van der Waals surface area contributed by atoms with Crippen LogP contribution in [-0.4, -0.2) is 11.5 Å². The fraction of sp³-hybridized carbons (Fsp3) is 0.125. The molecule has 0 aliphatic heterocycles. The van der Waals surface area contributed by atoms with Crippen LogP contribution >= 0.6 is 15.9 Å². The van der Waals surface area contributed by atoms with Crippen LogP contribution in [0.4, 0.5) is 10.1 Å². The highest BCUT2D eigenvalue weighted by molar-refractivity contribution is 9.10. The van der Waals surface area contributed by atoms with Crippen LogP contribution in [0.1, 0.15) is 23.6 Å². The van der Waals surface area contributed by atoms with Crippen LogP contribution in [0.3, 0.4) is 0 Å². The lowest BCUT2D eigenvalue weighted by molar-refractivity contribution is -0.384. The molecule has 3 rings (SSSR count). The number of hydrogen-bond acceptors (Lipinski definition) is 5. The molecule has 0 atom stereocenters. The van der Waals surface area contributed by atoms with Crippen molar-refractivity contribution in [2.45, 2.75) is 13.5 Å². The summed E-state index contributed by atoms with van der Waals surface area (Å²) in [6.45, 7) is 2.30. The molecule has 0 aliphatic rings. The highest BCUT2D eigenvalue weighted by Crippen LogP contribution is 2.38. The summed E-state index contributed by atoms with van der Waals surface area (Å²) in [5.74, 6) is 0.444. The molecule has 162 valence electrons. The lowest BCUT2D eigenvalue weighted by Crippen LogP contribution is -2.01. The van der Waals surface area contributed by atoms with Gasteiger partial charge in [0.2, 0.25) is 0 Å². The van der Waals surface area contributed by atoms with Crippen LogP contribution in [-0.2, 0) is 6.61 Å². The maximum absolute atomic E-state index is 13.6. The van der Waals surface area contributed by atoms with Crippen LogP contribution in [0.2, 0.25) is 0 Å². The molecule has 0 aliphatic carbocycles. The minimum Gasteiger partial charge on any atom is -0.490 e. The highest BCUT2D eigenvalue weighted by atomic mass is 79.9. The third-order valence-electron chi connectivity index (χ3n) is 4.40. The number of nitriles is 1. The summed E-state index contributed by atoms with van der Waals surface area (Å²) in [6.07, 6.45) is 1.63. The van der Waals surface area contributed by atoms with Crippen molar-refractivity contribution >= 4 is 33.3 Å². The Labute approximate surface area is 192 Å². The van der Waals surface area contributed by atoms with Gasteiger partial charge in [-0.25, -0.2) is 4.39 Å². The van der Waals surface area contributed by atoms with E-state index in [-0.39, 0.29) is 12.3 Å². The predicted octanol–water partition coefficient (Wildman–Crippen LogP) is 6.54. The van der Waals surface area contributed by atoms with Crippen molar-refractivity contribution in [3.8, 4) is 17.6 Å². The van der Waals surface area contributed by atoms with Gasteiger partial charge in [-0.15, -0.1) is 0 Å². The van der Waals surface area contributed by atoms with Gasteiger partial charge in [0.05, 0.1) is 27.6 Å². The number of hydrogen-bond donors (Lipinski definition) is 0. The highest BCUT2D eigenvalue weighted by Gasteiger charge is 2.14. The maximum atomic E-state index is 13.6. The number of benzene rings is 3. The van der Waals surface area contributed by atoms with Gasteiger partial charge in [0, 0.05) is 12.1 Å². The van der Waals surface area contributed by atoms with Crippen LogP contribution in [0.25, 0.3) is 11.6 Å². The quantitative estimate of drug-likeness (QED) is 0.153. The van der Waals surface area contributed by atoms with Gasteiger partial charge in [-0.2, -0.15) is 5.26 Å². The first-order valence-corrected chi connectivity index (χ1v) is 10.4. The Hall–Kier alpha value is -3.70. The van der Waals surface area contributed by atoms with E-state index < -0.39 is 10.7 Å². The number of rotatable bonds is 8. The second-order valence-electron chi connectivity index (χ2n) is 6.66. The van der Waals surface area contributed by atoms with E-state index in [4.69, 9.17) is 9.47 Å². The fourth-order valence-electron chi connectivity index (χ4n) is 2.99. The van der Waals surface area contributed by atoms with E-state index in [0.29, 0.717) is 44.8 Å². The number of nitrogens with zero attached hydrogens (tertiary/aromatic N) is 2. The van der Waals surface area contributed by atoms with Crippen molar-refractivity contribution in [1.82, 2.24) is 0 Å². The predicted molar refractivity (Wildman–Crippen MR) is 123 cm³/mol. The molecule has 0 bridgehead atoms. The molecule has 0 saturated heterocycles. The molecule has 0 aromatic heterocycles. The second kappa shape index (κ2) is 10.6. The van der Waals surface area contributed by atoms with Crippen LogP contribution < -0.4 is 9.47 Å². The third kappa shape index (κ3) is 5.71. The summed E-state index contributed by atoms with van der Waals surface area (Å²) in [5.41, 5.74) is 2.04. The van der Waals surface area contributed by atoms with E-state index in [0.717, 1.165) is 0 Å². The summed E-state index contributed by atoms with van der Waals surface area (Å²) < 4.78 is 25.8. The molecular formula is C24H18BrFN2O4. The zero-order valence-corrected chi connectivity index (χ0v) is 18.6. The van der Waals surface area contributed by atoms with E-state index in [1.165, 1.54) is 24.3 Å². The van der Waals surface area contributed by atoms with Gasteiger partial charge >= 0.3 is 0 Å². The summed E-state index contributed by atoms with van der Waals surface area (Å²) in [6, 6.07) is 17.6. The zero-order chi connectivity index (χ0) is 23.1. The average Bonchev–Trinajstić information content (AvgIpc) is 2.77. The first-order chi connectivity index (χ1) is 15.4. The van der Waals surface area contributed by atoms with E-state index in [2.05, 4.69) is 22.0 Å². The first-order valence-electron chi connectivity index (χ1n) is 9.61. The Morgan fingerprint density at radius 2 is 1.97 bits per heavy atom.